The van der Waals surface area contributed by atoms with E-state index >= 15 is 4.11 Å². The van der Waals surface area contributed by atoms with E-state index in [2.05, 4.69) is 0 Å². The quantitative estimate of drug-likeness (QED) is 0.151. The molecule has 51 heavy (non-hydrogen) atoms. The number of anilines is 1. The van der Waals surface area contributed by atoms with E-state index in [0.29, 0.717) is 22.7 Å². The Morgan fingerprint density at radius 1 is 0.980 bits per heavy atom. The first-order valence-electron chi connectivity index (χ1n) is 17.1. The number of hydrogen-bond donors (Lipinski definition) is 1. The lowest BCUT2D eigenvalue weighted by Crippen LogP contribution is -2.45. The Balaban J connectivity index is 1.36. The number of carbonyl (C=O) groups excluding carboxylic acids is 2. The summed E-state index contributed by atoms with van der Waals surface area (Å²) in [6, 6.07) is 25.5. The van der Waals surface area contributed by atoms with Gasteiger partial charge in [0.25, 0.3) is 11.5 Å². The van der Waals surface area contributed by atoms with Crippen LogP contribution in [0, 0.1) is 5.92 Å². The van der Waals surface area contributed by atoms with Crippen molar-refractivity contribution >= 4 is 25.9 Å². The van der Waals surface area contributed by atoms with Crippen LogP contribution in [-0.4, -0.2) is 68.3 Å². The van der Waals surface area contributed by atoms with Crippen molar-refractivity contribution in [1.82, 2.24) is 9.47 Å². The van der Waals surface area contributed by atoms with Gasteiger partial charge >= 0.3 is 0 Å². The molecule has 12 heteroatoms. The van der Waals surface area contributed by atoms with Crippen LogP contribution in [0.15, 0.2) is 95.9 Å². The second-order valence-corrected chi connectivity index (χ2v) is 17.5. The van der Waals surface area contributed by atoms with Gasteiger partial charge in [0.2, 0.25) is 14.3 Å². The van der Waals surface area contributed by atoms with Crippen molar-refractivity contribution in [2.24, 2.45) is 5.92 Å². The van der Waals surface area contributed by atoms with E-state index in [1.165, 1.54) is 18.8 Å². The minimum atomic E-state index is -3.55. The van der Waals surface area contributed by atoms with Crippen LogP contribution in [0.4, 0.5) is 9.80 Å². The van der Waals surface area contributed by atoms with E-state index in [1.54, 1.807) is 59.4 Å². The van der Waals surface area contributed by atoms with Crippen LogP contribution in [0.25, 0.3) is 5.69 Å². The molecular formula is C39H44FN3O7Si. The second-order valence-electron chi connectivity index (χ2n) is 13.7. The number of rotatable bonds is 12. The molecule has 1 fully saturated rings. The third-order valence-corrected chi connectivity index (χ3v) is 12.6. The Labute approximate surface area is 298 Å². The summed E-state index contributed by atoms with van der Waals surface area (Å²) in [5, 5.41) is 9.82. The number of hydrogen-bond acceptors (Lipinski definition) is 7. The molecule has 1 aromatic heterocycles. The average molecular weight is 714 g/mol. The number of pyridine rings is 1. The highest BCUT2D eigenvalue weighted by molar-refractivity contribution is 6.72. The number of carbonyl (C=O) groups is 2. The van der Waals surface area contributed by atoms with Gasteiger partial charge in [-0.1, -0.05) is 49.4 Å². The van der Waals surface area contributed by atoms with Crippen molar-refractivity contribution in [1.29, 1.82) is 0 Å². The predicted molar refractivity (Wildman–Crippen MR) is 194 cm³/mol. The number of aliphatic hydroxyl groups excluding tert-OH is 1. The molecule has 2 aliphatic rings. The first kappa shape index (κ1) is 36.0. The van der Waals surface area contributed by atoms with Gasteiger partial charge in [-0.05, 0) is 66.7 Å². The van der Waals surface area contributed by atoms with Gasteiger partial charge in [0.1, 0.15) is 5.75 Å². The van der Waals surface area contributed by atoms with Crippen molar-refractivity contribution in [3.8, 4) is 17.2 Å². The lowest BCUT2D eigenvalue weighted by Gasteiger charge is -2.31. The predicted octanol–water partition coefficient (Wildman–Crippen LogP) is 5.59. The van der Waals surface area contributed by atoms with Gasteiger partial charge in [-0.3, -0.25) is 19.0 Å². The number of halogens is 1. The standard InChI is InChI=1S/C39H44FN3O7Si/c1-26-36(51(4,5)40)34(23-35(45)41(19-20-44)24-27-11-7-6-8-12-27)50-39(26)31-22-30(48-2)16-17-32(31)43(38(39)47)25-28-13-9-14-29(21-28)42-18-10-15-33(49-3)37(42)46/h6-18,21-22,26,34,36,44H,19-20,23-25H2,1-5H3/t26-,34+,36-,39+/m0/s1. The number of fused-ring (bicyclic) bond motifs is 2. The monoisotopic (exact) mass is 713 g/mol. The second kappa shape index (κ2) is 14.5. The lowest BCUT2D eigenvalue weighted by atomic mass is 9.82. The molecule has 1 saturated heterocycles. The van der Waals surface area contributed by atoms with Crippen molar-refractivity contribution in [3.63, 3.8) is 0 Å². The molecule has 10 nitrogen and oxygen atoms in total. The number of methoxy groups -OCH3 is 2. The summed E-state index contributed by atoms with van der Waals surface area (Å²) >= 11 is 0. The Morgan fingerprint density at radius 3 is 2.41 bits per heavy atom. The van der Waals surface area contributed by atoms with E-state index < -0.39 is 31.6 Å². The first-order valence-corrected chi connectivity index (χ1v) is 20.0. The largest absolute Gasteiger partial charge is 0.497 e. The minimum absolute atomic E-state index is 0.107. The molecule has 0 bridgehead atoms. The van der Waals surface area contributed by atoms with Crippen LogP contribution in [0.5, 0.6) is 11.5 Å². The fourth-order valence-corrected chi connectivity index (χ4v) is 10.3. The van der Waals surface area contributed by atoms with Gasteiger partial charge in [-0.15, -0.1) is 0 Å². The van der Waals surface area contributed by atoms with Gasteiger partial charge in [-0.2, -0.15) is 0 Å². The van der Waals surface area contributed by atoms with Gasteiger partial charge in [0.15, 0.2) is 11.4 Å². The van der Waals surface area contributed by atoms with E-state index in [0.717, 1.165) is 11.1 Å². The van der Waals surface area contributed by atoms with E-state index in [4.69, 9.17) is 14.2 Å². The molecule has 0 saturated carbocycles. The zero-order valence-corrected chi connectivity index (χ0v) is 30.5. The smallest absolute Gasteiger partial charge is 0.297 e. The van der Waals surface area contributed by atoms with Crippen LogP contribution in [-0.2, 0) is 33.0 Å². The normalized spacial score (nSPS) is 21.2. The van der Waals surface area contributed by atoms with Gasteiger partial charge in [0.05, 0.1) is 45.6 Å². The third-order valence-electron chi connectivity index (χ3n) is 10.1. The van der Waals surface area contributed by atoms with Crippen molar-refractivity contribution < 1.29 is 33.0 Å². The first-order chi connectivity index (χ1) is 24.4. The summed E-state index contributed by atoms with van der Waals surface area (Å²) in [4.78, 5) is 45.0. The van der Waals surface area contributed by atoms with E-state index in [1.807, 2.05) is 61.5 Å². The van der Waals surface area contributed by atoms with Gasteiger partial charge in [0, 0.05) is 42.0 Å². The highest BCUT2D eigenvalue weighted by Crippen LogP contribution is 2.60. The van der Waals surface area contributed by atoms with Gasteiger partial charge in [-0.25, -0.2) is 0 Å². The number of benzene rings is 3. The van der Waals surface area contributed by atoms with Crippen LogP contribution < -0.4 is 19.9 Å². The molecule has 0 unspecified atom stereocenters. The maximum Gasteiger partial charge on any atom is 0.297 e. The number of aliphatic hydroxyl groups is 1. The molecule has 4 atom stereocenters. The highest BCUT2D eigenvalue weighted by Gasteiger charge is 2.67. The fourth-order valence-electron chi connectivity index (χ4n) is 7.85. The maximum absolute atomic E-state index is 16.5. The summed E-state index contributed by atoms with van der Waals surface area (Å²) in [5.74, 6) is -0.536. The van der Waals surface area contributed by atoms with Crippen molar-refractivity contribution in [2.45, 2.75) is 56.8 Å². The summed E-state index contributed by atoms with van der Waals surface area (Å²) in [5.41, 5.74) is 0.842. The van der Waals surface area contributed by atoms with Crippen molar-refractivity contribution in [3.05, 3.63) is 118 Å². The lowest BCUT2D eigenvalue weighted by molar-refractivity contribution is -0.150. The molecule has 268 valence electrons. The molecule has 1 N–H and O–H groups in total. The molecule has 2 amide bonds. The Kier molecular flexibility index (Phi) is 10.2. The molecule has 0 radical (unpaired) electrons. The van der Waals surface area contributed by atoms with Crippen LogP contribution in [0.2, 0.25) is 18.6 Å². The zero-order valence-electron chi connectivity index (χ0n) is 29.5. The highest BCUT2D eigenvalue weighted by atomic mass is 28.4. The third kappa shape index (κ3) is 6.71. The molecule has 3 heterocycles. The molecule has 4 aromatic rings. The molecule has 3 aromatic carbocycles. The molecular weight excluding hydrogens is 670 g/mol. The number of amides is 2. The Hall–Kier alpha value is -4.78. The number of aromatic nitrogens is 1. The van der Waals surface area contributed by atoms with Crippen molar-refractivity contribution in [2.75, 3.05) is 32.3 Å². The topological polar surface area (TPSA) is 111 Å². The summed E-state index contributed by atoms with van der Waals surface area (Å²) in [6.45, 7) is 5.34. The number of nitrogens with zero attached hydrogens (tertiary/aromatic N) is 3. The fraction of sp³-hybridized carbons (Fsp3) is 0.359. The van der Waals surface area contributed by atoms with E-state index in [9.17, 15) is 19.5 Å². The molecule has 2 aliphatic heterocycles. The minimum Gasteiger partial charge on any atom is -0.497 e. The van der Waals surface area contributed by atoms with Crippen LogP contribution >= 0.6 is 0 Å². The summed E-state index contributed by atoms with van der Waals surface area (Å²) in [6.07, 6.45) is 0.622. The Morgan fingerprint density at radius 2 is 1.73 bits per heavy atom. The Bertz CT molecular complexity index is 1970. The maximum atomic E-state index is 16.5. The number of ether oxygens (including phenoxy) is 3. The van der Waals surface area contributed by atoms with E-state index in [-0.39, 0.29) is 55.8 Å². The summed E-state index contributed by atoms with van der Waals surface area (Å²) in [7, 11) is -0.572. The van der Waals surface area contributed by atoms with Gasteiger partial charge < -0.3 is 33.2 Å². The molecule has 1 spiro atoms. The van der Waals surface area contributed by atoms with Crippen LogP contribution in [0.3, 0.4) is 0 Å². The zero-order chi connectivity index (χ0) is 36.5. The average Bonchev–Trinajstić information content (AvgIpc) is 3.54. The molecule has 0 aliphatic carbocycles. The molecule has 6 rings (SSSR count). The summed E-state index contributed by atoms with van der Waals surface area (Å²) < 4.78 is 35.6. The SMILES string of the molecule is COc1ccc2c(c1)[C@@]1(O[C@H](CC(=O)N(CCO)Cc3ccccc3)[C@@H]([Si](C)(C)F)[C@@H]1C)C(=O)N2Cc1cccc(-n2cccc(OC)c2=O)c1. The van der Waals surface area contributed by atoms with Crippen LogP contribution in [0.1, 0.15) is 30.0 Å².